The standard InChI is InChI=1S/C14H18BrN3/c1-9-5-6-11(10(2)7-9)13(16-3)14-12(15)8-17-18(14)4/h5-8,13,16H,1-4H3. The average Bonchev–Trinajstić information content (AvgIpc) is 2.64. The Morgan fingerprint density at radius 2 is 2.06 bits per heavy atom. The van der Waals surface area contributed by atoms with Crippen LogP contribution < -0.4 is 5.32 Å². The first kappa shape index (κ1) is 13.3. The molecule has 1 unspecified atom stereocenters. The highest BCUT2D eigenvalue weighted by Crippen LogP contribution is 2.29. The second-order valence-electron chi connectivity index (χ2n) is 4.58. The van der Waals surface area contributed by atoms with Gasteiger partial charge in [-0.25, -0.2) is 0 Å². The molecule has 18 heavy (non-hydrogen) atoms. The molecule has 0 saturated carbocycles. The number of hydrogen-bond donors (Lipinski definition) is 1. The van der Waals surface area contributed by atoms with Crippen LogP contribution in [0.15, 0.2) is 28.9 Å². The lowest BCUT2D eigenvalue weighted by Crippen LogP contribution is -2.22. The van der Waals surface area contributed by atoms with Crippen molar-refractivity contribution in [3.05, 3.63) is 51.3 Å². The van der Waals surface area contributed by atoms with Crippen LogP contribution in [0.4, 0.5) is 0 Å². The fraction of sp³-hybridized carbons (Fsp3) is 0.357. The van der Waals surface area contributed by atoms with Gasteiger partial charge in [-0.2, -0.15) is 5.10 Å². The van der Waals surface area contributed by atoms with Crippen molar-refractivity contribution in [2.24, 2.45) is 7.05 Å². The van der Waals surface area contributed by atoms with Gasteiger partial charge in [0.1, 0.15) is 0 Å². The highest BCUT2D eigenvalue weighted by atomic mass is 79.9. The van der Waals surface area contributed by atoms with Gasteiger partial charge in [0.25, 0.3) is 0 Å². The van der Waals surface area contributed by atoms with Gasteiger partial charge in [-0.1, -0.05) is 23.8 Å². The third-order valence-corrected chi connectivity index (χ3v) is 3.85. The van der Waals surface area contributed by atoms with Crippen molar-refractivity contribution in [3.8, 4) is 0 Å². The van der Waals surface area contributed by atoms with E-state index < -0.39 is 0 Å². The predicted octanol–water partition coefficient (Wildman–Crippen LogP) is 3.11. The molecule has 1 N–H and O–H groups in total. The topological polar surface area (TPSA) is 29.9 Å². The highest BCUT2D eigenvalue weighted by Gasteiger charge is 2.20. The molecule has 0 spiro atoms. The molecule has 1 aromatic carbocycles. The van der Waals surface area contributed by atoms with Gasteiger partial charge in [-0.15, -0.1) is 0 Å². The number of aromatic nitrogens is 2. The lowest BCUT2D eigenvalue weighted by atomic mass is 9.97. The van der Waals surface area contributed by atoms with E-state index in [4.69, 9.17) is 0 Å². The van der Waals surface area contributed by atoms with Crippen LogP contribution >= 0.6 is 15.9 Å². The zero-order chi connectivity index (χ0) is 13.3. The minimum atomic E-state index is 0.146. The monoisotopic (exact) mass is 307 g/mol. The molecule has 0 aliphatic carbocycles. The Balaban J connectivity index is 2.52. The highest BCUT2D eigenvalue weighted by molar-refractivity contribution is 9.10. The molecule has 96 valence electrons. The summed E-state index contributed by atoms with van der Waals surface area (Å²) in [5.74, 6) is 0. The fourth-order valence-electron chi connectivity index (χ4n) is 2.33. The van der Waals surface area contributed by atoms with Crippen LogP contribution in [-0.4, -0.2) is 16.8 Å². The van der Waals surface area contributed by atoms with Crippen LogP contribution in [0.2, 0.25) is 0 Å². The Morgan fingerprint density at radius 1 is 1.33 bits per heavy atom. The van der Waals surface area contributed by atoms with Crippen molar-refractivity contribution in [1.82, 2.24) is 15.1 Å². The molecule has 0 fully saturated rings. The van der Waals surface area contributed by atoms with Crippen LogP contribution in [0.25, 0.3) is 0 Å². The molecule has 1 aromatic heterocycles. The number of rotatable bonds is 3. The van der Waals surface area contributed by atoms with Crippen molar-refractivity contribution in [2.75, 3.05) is 7.05 Å². The lowest BCUT2D eigenvalue weighted by Gasteiger charge is -2.20. The largest absolute Gasteiger partial charge is 0.308 e. The first-order chi connectivity index (χ1) is 8.54. The minimum Gasteiger partial charge on any atom is -0.308 e. The maximum Gasteiger partial charge on any atom is 0.0759 e. The van der Waals surface area contributed by atoms with Gasteiger partial charge in [0.05, 0.1) is 22.4 Å². The maximum atomic E-state index is 4.29. The molecule has 2 aromatic rings. The van der Waals surface area contributed by atoms with Crippen LogP contribution in [0.3, 0.4) is 0 Å². The summed E-state index contributed by atoms with van der Waals surface area (Å²) < 4.78 is 2.94. The van der Waals surface area contributed by atoms with E-state index in [0.29, 0.717) is 0 Å². The van der Waals surface area contributed by atoms with Crippen LogP contribution in [0, 0.1) is 13.8 Å². The number of aryl methyl sites for hydroxylation is 3. The number of nitrogens with one attached hydrogen (secondary N) is 1. The SMILES string of the molecule is CNC(c1ccc(C)cc1C)c1c(Br)cnn1C. The zero-order valence-corrected chi connectivity index (χ0v) is 12.7. The first-order valence-corrected chi connectivity index (χ1v) is 6.75. The van der Waals surface area contributed by atoms with E-state index in [2.05, 4.69) is 58.4 Å². The molecule has 2 rings (SSSR count). The van der Waals surface area contributed by atoms with Gasteiger partial charge < -0.3 is 5.32 Å². The van der Waals surface area contributed by atoms with Crippen molar-refractivity contribution in [2.45, 2.75) is 19.9 Å². The second kappa shape index (κ2) is 5.24. The molecule has 4 heteroatoms. The number of benzene rings is 1. The van der Waals surface area contributed by atoms with Crippen LogP contribution in [-0.2, 0) is 7.05 Å². The van der Waals surface area contributed by atoms with Crippen molar-refractivity contribution < 1.29 is 0 Å². The van der Waals surface area contributed by atoms with Crippen LogP contribution in [0.1, 0.15) is 28.4 Å². The summed E-state index contributed by atoms with van der Waals surface area (Å²) in [6.45, 7) is 4.27. The molecule has 0 aliphatic heterocycles. The average molecular weight is 308 g/mol. The Hall–Kier alpha value is -1.13. The molecule has 3 nitrogen and oxygen atoms in total. The molecule has 1 heterocycles. The fourth-order valence-corrected chi connectivity index (χ4v) is 2.91. The third kappa shape index (κ3) is 2.35. The van der Waals surface area contributed by atoms with Gasteiger partial charge >= 0.3 is 0 Å². The van der Waals surface area contributed by atoms with Gasteiger partial charge in [0, 0.05) is 7.05 Å². The minimum absolute atomic E-state index is 0.146. The summed E-state index contributed by atoms with van der Waals surface area (Å²) in [4.78, 5) is 0. The van der Waals surface area contributed by atoms with Crippen molar-refractivity contribution in [3.63, 3.8) is 0 Å². The normalized spacial score (nSPS) is 12.7. The molecule has 0 amide bonds. The second-order valence-corrected chi connectivity index (χ2v) is 5.44. The van der Waals surface area contributed by atoms with E-state index in [1.165, 1.54) is 16.7 Å². The van der Waals surface area contributed by atoms with E-state index >= 15 is 0 Å². The smallest absolute Gasteiger partial charge is 0.0759 e. The van der Waals surface area contributed by atoms with E-state index in [-0.39, 0.29) is 6.04 Å². The molecule has 0 aliphatic rings. The number of nitrogens with zero attached hydrogens (tertiary/aromatic N) is 2. The summed E-state index contributed by atoms with van der Waals surface area (Å²) in [6.07, 6.45) is 1.84. The van der Waals surface area contributed by atoms with Crippen molar-refractivity contribution in [1.29, 1.82) is 0 Å². The van der Waals surface area contributed by atoms with Gasteiger partial charge in [-0.05, 0) is 48.0 Å². The zero-order valence-electron chi connectivity index (χ0n) is 11.2. The van der Waals surface area contributed by atoms with E-state index in [0.717, 1.165) is 10.2 Å². The summed E-state index contributed by atoms with van der Waals surface area (Å²) in [6, 6.07) is 6.69. The lowest BCUT2D eigenvalue weighted by molar-refractivity contribution is 0.601. The summed E-state index contributed by atoms with van der Waals surface area (Å²) in [5, 5.41) is 7.66. The Kier molecular flexibility index (Phi) is 3.88. The number of halogens is 1. The summed E-state index contributed by atoms with van der Waals surface area (Å²) in [7, 11) is 3.94. The summed E-state index contributed by atoms with van der Waals surface area (Å²) in [5.41, 5.74) is 5.01. The Labute approximate surface area is 116 Å². The van der Waals surface area contributed by atoms with Crippen LogP contribution in [0.5, 0.6) is 0 Å². The van der Waals surface area contributed by atoms with Gasteiger partial charge in [0.15, 0.2) is 0 Å². The molecular weight excluding hydrogens is 290 g/mol. The first-order valence-electron chi connectivity index (χ1n) is 5.96. The Bertz CT molecular complexity index is 541. The quantitative estimate of drug-likeness (QED) is 0.944. The molecule has 0 saturated heterocycles. The van der Waals surface area contributed by atoms with Gasteiger partial charge in [0.2, 0.25) is 0 Å². The van der Waals surface area contributed by atoms with E-state index in [1.54, 1.807) is 0 Å². The van der Waals surface area contributed by atoms with E-state index in [9.17, 15) is 0 Å². The number of hydrogen-bond acceptors (Lipinski definition) is 2. The van der Waals surface area contributed by atoms with Crippen molar-refractivity contribution >= 4 is 15.9 Å². The van der Waals surface area contributed by atoms with Gasteiger partial charge in [-0.3, -0.25) is 4.68 Å². The maximum absolute atomic E-state index is 4.29. The summed E-state index contributed by atoms with van der Waals surface area (Å²) >= 11 is 3.57. The molecule has 0 radical (unpaired) electrons. The molecule has 0 bridgehead atoms. The third-order valence-electron chi connectivity index (χ3n) is 3.24. The molecular formula is C14H18BrN3. The Morgan fingerprint density at radius 3 is 2.56 bits per heavy atom. The predicted molar refractivity (Wildman–Crippen MR) is 77.7 cm³/mol. The van der Waals surface area contributed by atoms with E-state index in [1.807, 2.05) is 25.0 Å². The molecule has 1 atom stereocenters.